The third-order valence-corrected chi connectivity index (χ3v) is 4.85. The van der Waals surface area contributed by atoms with Gasteiger partial charge in [0.25, 0.3) is 0 Å². The fourth-order valence-electron chi connectivity index (χ4n) is 3.59. The number of rotatable bonds is 4. The van der Waals surface area contributed by atoms with Crippen LogP contribution in [0.1, 0.15) is 5.56 Å². The molecule has 2 aliphatic heterocycles. The molecule has 25 heavy (non-hydrogen) atoms. The molecule has 0 N–H and O–H groups in total. The maximum atomic E-state index is 12.2. The molecule has 2 fully saturated rings. The van der Waals surface area contributed by atoms with Gasteiger partial charge in [-0.15, -0.1) is 0 Å². The predicted octanol–water partition coefficient (Wildman–Crippen LogP) is 1.74. The van der Waals surface area contributed by atoms with Gasteiger partial charge in [0.15, 0.2) is 5.75 Å². The first-order valence-corrected chi connectivity index (χ1v) is 8.29. The van der Waals surface area contributed by atoms with Gasteiger partial charge in [0.1, 0.15) is 12.1 Å². The number of carbonyl (C=O) groups is 1. The maximum Gasteiger partial charge on any atom is 0.410 e. The quantitative estimate of drug-likeness (QED) is 0.844. The SMILES string of the molecule is COc1cnc(N2CCN3C(=O)OCC3(Cc3ccccc3)C2)nc1. The van der Waals surface area contributed by atoms with E-state index in [9.17, 15) is 4.79 Å². The molecule has 3 heterocycles. The Bertz CT molecular complexity index is 753. The van der Waals surface area contributed by atoms with E-state index in [1.807, 2.05) is 23.1 Å². The van der Waals surface area contributed by atoms with E-state index >= 15 is 0 Å². The minimum atomic E-state index is -0.389. The first-order chi connectivity index (χ1) is 12.2. The summed E-state index contributed by atoms with van der Waals surface area (Å²) in [6.07, 6.45) is 3.84. The minimum absolute atomic E-state index is 0.230. The Balaban J connectivity index is 1.61. The highest BCUT2D eigenvalue weighted by atomic mass is 16.6. The fourth-order valence-corrected chi connectivity index (χ4v) is 3.59. The maximum absolute atomic E-state index is 12.2. The Kier molecular flexibility index (Phi) is 3.91. The van der Waals surface area contributed by atoms with E-state index in [-0.39, 0.29) is 11.6 Å². The normalized spacial score (nSPS) is 22.5. The molecule has 1 aromatic carbocycles. The van der Waals surface area contributed by atoms with Gasteiger partial charge in [-0.2, -0.15) is 0 Å². The van der Waals surface area contributed by atoms with Crippen LogP contribution in [0.2, 0.25) is 0 Å². The summed E-state index contributed by atoms with van der Waals surface area (Å²) in [5.41, 5.74) is 0.795. The molecule has 1 unspecified atom stereocenters. The van der Waals surface area contributed by atoms with E-state index in [1.54, 1.807) is 19.5 Å². The second kappa shape index (κ2) is 6.23. The molecule has 7 nitrogen and oxygen atoms in total. The van der Waals surface area contributed by atoms with Crippen LogP contribution in [0.5, 0.6) is 5.75 Å². The lowest BCUT2D eigenvalue weighted by atomic mass is 9.88. The molecule has 130 valence electrons. The number of aromatic nitrogens is 2. The Morgan fingerprint density at radius 2 is 1.96 bits per heavy atom. The van der Waals surface area contributed by atoms with Crippen LogP contribution < -0.4 is 9.64 Å². The monoisotopic (exact) mass is 340 g/mol. The highest BCUT2D eigenvalue weighted by Gasteiger charge is 2.51. The number of nitrogens with zero attached hydrogens (tertiary/aromatic N) is 4. The number of fused-ring (bicyclic) bond motifs is 1. The van der Waals surface area contributed by atoms with Gasteiger partial charge in [0.2, 0.25) is 5.95 Å². The van der Waals surface area contributed by atoms with Gasteiger partial charge >= 0.3 is 6.09 Å². The zero-order valence-electron chi connectivity index (χ0n) is 14.1. The van der Waals surface area contributed by atoms with Crippen LogP contribution in [-0.2, 0) is 11.2 Å². The number of cyclic esters (lactones) is 1. The standard InChI is InChI=1S/C18H20N4O3/c1-24-15-10-19-16(20-11-15)21-7-8-22-17(23)25-13-18(22,12-21)9-14-5-3-2-4-6-14/h2-6,10-11H,7-9,12-13H2,1H3. The number of hydrogen-bond acceptors (Lipinski definition) is 6. The van der Waals surface area contributed by atoms with Crippen molar-refractivity contribution in [2.45, 2.75) is 12.0 Å². The number of carbonyl (C=O) groups excluding carboxylic acids is 1. The van der Waals surface area contributed by atoms with E-state index in [0.29, 0.717) is 37.9 Å². The van der Waals surface area contributed by atoms with Gasteiger partial charge in [-0.1, -0.05) is 30.3 Å². The van der Waals surface area contributed by atoms with Crippen molar-refractivity contribution in [3.05, 3.63) is 48.3 Å². The van der Waals surface area contributed by atoms with Crippen molar-refractivity contribution in [2.75, 3.05) is 38.3 Å². The highest BCUT2D eigenvalue weighted by Crippen LogP contribution is 2.33. The summed E-state index contributed by atoms with van der Waals surface area (Å²) in [4.78, 5) is 24.9. The predicted molar refractivity (Wildman–Crippen MR) is 91.7 cm³/mol. The van der Waals surface area contributed by atoms with Crippen molar-refractivity contribution in [1.82, 2.24) is 14.9 Å². The number of anilines is 1. The van der Waals surface area contributed by atoms with Crippen molar-refractivity contribution < 1.29 is 14.3 Å². The summed E-state index contributed by atoms with van der Waals surface area (Å²) in [6.45, 7) is 2.30. The lowest BCUT2D eigenvalue weighted by Crippen LogP contribution is -2.62. The van der Waals surface area contributed by atoms with E-state index in [4.69, 9.17) is 9.47 Å². The molecule has 2 aromatic rings. The average Bonchev–Trinajstić information content (AvgIpc) is 2.98. The lowest BCUT2D eigenvalue weighted by molar-refractivity contribution is 0.139. The zero-order valence-corrected chi connectivity index (χ0v) is 14.1. The van der Waals surface area contributed by atoms with Crippen LogP contribution in [0.25, 0.3) is 0 Å². The van der Waals surface area contributed by atoms with Gasteiger partial charge in [0, 0.05) is 26.1 Å². The molecule has 1 aromatic heterocycles. The molecule has 1 atom stereocenters. The van der Waals surface area contributed by atoms with Crippen molar-refractivity contribution in [1.29, 1.82) is 0 Å². The van der Waals surface area contributed by atoms with Crippen LogP contribution in [0.3, 0.4) is 0 Å². The molecule has 0 radical (unpaired) electrons. The molecule has 7 heteroatoms. The van der Waals surface area contributed by atoms with Gasteiger partial charge in [0.05, 0.1) is 19.5 Å². The number of amides is 1. The number of ether oxygens (including phenoxy) is 2. The summed E-state index contributed by atoms with van der Waals surface area (Å²) in [5.74, 6) is 1.27. The van der Waals surface area contributed by atoms with Crippen LogP contribution in [-0.4, -0.2) is 59.9 Å². The first kappa shape index (κ1) is 15.7. The Morgan fingerprint density at radius 1 is 1.20 bits per heavy atom. The van der Waals surface area contributed by atoms with Gasteiger partial charge in [-0.05, 0) is 5.56 Å². The number of hydrogen-bond donors (Lipinski definition) is 0. The summed E-state index contributed by atoms with van der Waals surface area (Å²) < 4.78 is 10.5. The van der Waals surface area contributed by atoms with Crippen molar-refractivity contribution in [2.24, 2.45) is 0 Å². The number of piperazine rings is 1. The topological polar surface area (TPSA) is 67.8 Å². The molecule has 0 aliphatic carbocycles. The largest absolute Gasteiger partial charge is 0.494 e. The molecule has 2 aliphatic rings. The number of methoxy groups -OCH3 is 1. The van der Waals surface area contributed by atoms with Crippen LogP contribution in [0.15, 0.2) is 42.7 Å². The summed E-state index contributed by atoms with van der Waals surface area (Å²) in [7, 11) is 1.59. The molecular weight excluding hydrogens is 320 g/mol. The molecule has 0 saturated carbocycles. The Morgan fingerprint density at radius 3 is 2.68 bits per heavy atom. The Labute approximate surface area is 146 Å². The third-order valence-electron chi connectivity index (χ3n) is 4.85. The van der Waals surface area contributed by atoms with E-state index in [0.717, 1.165) is 6.42 Å². The zero-order chi connectivity index (χ0) is 17.3. The smallest absolute Gasteiger partial charge is 0.410 e. The molecule has 4 rings (SSSR count). The van der Waals surface area contributed by atoms with Gasteiger partial charge < -0.3 is 14.4 Å². The fraction of sp³-hybridized carbons (Fsp3) is 0.389. The van der Waals surface area contributed by atoms with E-state index in [1.165, 1.54) is 5.56 Å². The van der Waals surface area contributed by atoms with Crippen LogP contribution in [0, 0.1) is 0 Å². The Hall–Kier alpha value is -2.83. The van der Waals surface area contributed by atoms with Crippen LogP contribution >= 0.6 is 0 Å². The molecule has 1 amide bonds. The number of benzene rings is 1. The van der Waals surface area contributed by atoms with Gasteiger partial charge in [-0.3, -0.25) is 4.90 Å². The summed E-state index contributed by atoms with van der Waals surface area (Å²) >= 11 is 0. The van der Waals surface area contributed by atoms with Crippen molar-refractivity contribution in [3.63, 3.8) is 0 Å². The molecule has 2 saturated heterocycles. The van der Waals surface area contributed by atoms with E-state index < -0.39 is 0 Å². The minimum Gasteiger partial charge on any atom is -0.494 e. The third kappa shape index (κ3) is 2.86. The van der Waals surface area contributed by atoms with Gasteiger partial charge in [-0.25, -0.2) is 14.8 Å². The summed E-state index contributed by atoms with van der Waals surface area (Å²) in [6, 6.07) is 10.2. The van der Waals surface area contributed by atoms with Crippen molar-refractivity contribution >= 4 is 12.0 Å². The lowest BCUT2D eigenvalue weighted by Gasteiger charge is -2.44. The second-order valence-electron chi connectivity index (χ2n) is 6.44. The molecule has 0 bridgehead atoms. The second-order valence-corrected chi connectivity index (χ2v) is 6.44. The summed E-state index contributed by atoms with van der Waals surface area (Å²) in [5, 5.41) is 0. The van der Waals surface area contributed by atoms with E-state index in [2.05, 4.69) is 27.0 Å². The molecular formula is C18H20N4O3. The first-order valence-electron chi connectivity index (χ1n) is 8.29. The van der Waals surface area contributed by atoms with Crippen molar-refractivity contribution in [3.8, 4) is 5.75 Å². The molecule has 0 spiro atoms. The van der Waals surface area contributed by atoms with Crippen LogP contribution in [0.4, 0.5) is 10.7 Å². The highest BCUT2D eigenvalue weighted by molar-refractivity contribution is 5.72. The average molecular weight is 340 g/mol.